The zero-order valence-corrected chi connectivity index (χ0v) is 15.1. The van der Waals surface area contributed by atoms with Crippen LogP contribution >= 0.6 is 11.6 Å². The molecule has 0 bridgehead atoms. The highest BCUT2D eigenvalue weighted by molar-refractivity contribution is 6.35. The highest BCUT2D eigenvalue weighted by atomic mass is 35.5. The van der Waals surface area contributed by atoms with Gasteiger partial charge in [0.15, 0.2) is 22.9 Å². The summed E-state index contributed by atoms with van der Waals surface area (Å²) in [6.45, 7) is 0.655. The molecule has 0 saturated heterocycles. The van der Waals surface area contributed by atoms with Crippen molar-refractivity contribution < 1.29 is 14.3 Å². The van der Waals surface area contributed by atoms with Crippen LogP contribution in [0.25, 0.3) is 0 Å². The summed E-state index contributed by atoms with van der Waals surface area (Å²) >= 11 is 6.15. The number of halogens is 1. The van der Waals surface area contributed by atoms with Crippen molar-refractivity contribution in [2.24, 2.45) is 0 Å². The zero-order valence-electron chi connectivity index (χ0n) is 14.3. The van der Waals surface area contributed by atoms with Crippen LogP contribution in [0.3, 0.4) is 0 Å². The molecule has 0 radical (unpaired) electrons. The molecule has 2 aromatic rings. The summed E-state index contributed by atoms with van der Waals surface area (Å²) in [5.41, 5.74) is -0.0929. The Morgan fingerprint density at radius 2 is 1.61 bits per heavy atom. The average molecular weight is 391 g/mol. The van der Waals surface area contributed by atoms with E-state index in [0.29, 0.717) is 24.7 Å². The van der Waals surface area contributed by atoms with Gasteiger partial charge in [-0.15, -0.1) is 0 Å². The summed E-state index contributed by atoms with van der Waals surface area (Å²) in [6, 6.07) is 14.6. The number of carbonyl (C=O) groups excluding carboxylic acids is 1. The van der Waals surface area contributed by atoms with Gasteiger partial charge < -0.3 is 14.8 Å². The van der Waals surface area contributed by atoms with Gasteiger partial charge in [0, 0.05) is 11.6 Å². The lowest BCUT2D eigenvalue weighted by molar-refractivity contribution is 0.103. The highest BCUT2D eigenvalue weighted by Crippen LogP contribution is 2.37. The van der Waals surface area contributed by atoms with Gasteiger partial charge >= 0.3 is 0 Å². The number of fused-ring (bicyclic) bond motifs is 1. The lowest BCUT2D eigenvalue weighted by atomic mass is 10.00. The van der Waals surface area contributed by atoms with Gasteiger partial charge in [-0.25, -0.2) is 0 Å². The number of carbonyl (C=O) groups is 1. The van der Waals surface area contributed by atoms with Crippen LogP contribution in [0.5, 0.6) is 11.5 Å². The summed E-state index contributed by atoms with van der Waals surface area (Å²) in [5.74, 6) is 0.325. The van der Waals surface area contributed by atoms with Crippen molar-refractivity contribution in [2.75, 3.05) is 18.5 Å². The van der Waals surface area contributed by atoms with Crippen molar-refractivity contribution in [2.45, 2.75) is 0 Å². The number of allylic oxidation sites excluding steroid dienone is 2. The second-order valence-corrected chi connectivity index (χ2v) is 5.97. The SMILES string of the molecule is N#CC(C#N)=C(C#N)Nc1cc2c(cc1C(=O)c1ccccc1Cl)OCCO2. The Kier molecular flexibility index (Phi) is 5.46. The fraction of sp³-hybridized carbons (Fsp3) is 0.100. The normalized spacial score (nSPS) is 11.4. The minimum Gasteiger partial charge on any atom is -0.486 e. The molecular weight excluding hydrogens is 380 g/mol. The Morgan fingerprint density at radius 3 is 2.21 bits per heavy atom. The van der Waals surface area contributed by atoms with Crippen LogP contribution < -0.4 is 14.8 Å². The molecule has 0 saturated carbocycles. The monoisotopic (exact) mass is 390 g/mol. The topological polar surface area (TPSA) is 119 Å². The van der Waals surface area contributed by atoms with Gasteiger partial charge in [-0.05, 0) is 18.2 Å². The number of nitrogens with zero attached hydrogens (tertiary/aromatic N) is 3. The fourth-order valence-corrected chi connectivity index (χ4v) is 2.81. The Bertz CT molecular complexity index is 1100. The summed E-state index contributed by atoms with van der Waals surface area (Å²) in [7, 11) is 0. The summed E-state index contributed by atoms with van der Waals surface area (Å²) in [4.78, 5) is 13.1. The molecule has 1 aliphatic heterocycles. The lowest BCUT2D eigenvalue weighted by Gasteiger charge is -2.21. The molecule has 28 heavy (non-hydrogen) atoms. The van der Waals surface area contributed by atoms with Crippen molar-refractivity contribution in [1.82, 2.24) is 0 Å². The van der Waals surface area contributed by atoms with Gasteiger partial charge in [0.1, 0.15) is 37.1 Å². The Labute approximate surface area is 165 Å². The number of anilines is 1. The predicted molar refractivity (Wildman–Crippen MR) is 99.8 cm³/mol. The molecule has 0 spiro atoms. The van der Waals surface area contributed by atoms with Gasteiger partial charge in [-0.3, -0.25) is 4.79 Å². The van der Waals surface area contributed by atoms with E-state index in [1.165, 1.54) is 12.1 Å². The largest absolute Gasteiger partial charge is 0.486 e. The van der Waals surface area contributed by atoms with E-state index in [0.717, 1.165) is 0 Å². The van der Waals surface area contributed by atoms with E-state index < -0.39 is 11.4 Å². The second kappa shape index (κ2) is 8.14. The summed E-state index contributed by atoms with van der Waals surface area (Å²) in [5, 5.41) is 30.4. The Balaban J connectivity index is 2.16. The minimum atomic E-state index is -0.419. The maximum Gasteiger partial charge on any atom is 0.196 e. The van der Waals surface area contributed by atoms with E-state index in [1.54, 1.807) is 42.5 Å². The maximum atomic E-state index is 13.1. The first-order chi connectivity index (χ1) is 13.6. The molecule has 1 N–H and O–H groups in total. The van der Waals surface area contributed by atoms with E-state index in [4.69, 9.17) is 31.6 Å². The zero-order chi connectivity index (χ0) is 20.1. The first kappa shape index (κ1) is 18.8. The molecule has 0 unspecified atom stereocenters. The van der Waals surface area contributed by atoms with E-state index >= 15 is 0 Å². The molecule has 0 aliphatic carbocycles. The van der Waals surface area contributed by atoms with Gasteiger partial charge in [0.2, 0.25) is 0 Å². The number of nitrogens with one attached hydrogen (secondary N) is 1. The number of ketones is 1. The summed E-state index contributed by atoms with van der Waals surface area (Å²) in [6.07, 6.45) is 0. The number of hydrogen-bond donors (Lipinski definition) is 1. The summed E-state index contributed by atoms with van der Waals surface area (Å²) < 4.78 is 11.1. The van der Waals surface area contributed by atoms with Gasteiger partial charge in [-0.1, -0.05) is 23.7 Å². The predicted octanol–water partition coefficient (Wildman–Crippen LogP) is 3.58. The van der Waals surface area contributed by atoms with Crippen molar-refractivity contribution in [3.8, 4) is 29.7 Å². The van der Waals surface area contributed by atoms with Gasteiger partial charge in [0.25, 0.3) is 0 Å². The first-order valence-corrected chi connectivity index (χ1v) is 8.41. The van der Waals surface area contributed by atoms with Crippen LogP contribution in [0.1, 0.15) is 15.9 Å². The average Bonchev–Trinajstić information content (AvgIpc) is 2.73. The Morgan fingerprint density at radius 1 is 0.964 bits per heavy atom. The molecule has 0 atom stereocenters. The van der Waals surface area contributed by atoms with Crippen LogP contribution in [0.2, 0.25) is 5.02 Å². The molecule has 3 rings (SSSR count). The Hall–Kier alpha value is -3.99. The molecule has 0 amide bonds. The molecule has 136 valence electrons. The molecule has 2 aromatic carbocycles. The fourth-order valence-electron chi connectivity index (χ4n) is 2.59. The minimum absolute atomic E-state index is 0.153. The molecule has 0 fully saturated rings. The van der Waals surface area contributed by atoms with Crippen LogP contribution in [0.15, 0.2) is 47.7 Å². The maximum absolute atomic E-state index is 13.1. The van der Waals surface area contributed by atoms with Crippen LogP contribution in [0.4, 0.5) is 5.69 Å². The number of ether oxygens (including phenoxy) is 2. The lowest BCUT2D eigenvalue weighted by Crippen LogP contribution is -2.17. The van der Waals surface area contributed by atoms with E-state index in [-0.39, 0.29) is 27.5 Å². The number of hydrogen-bond acceptors (Lipinski definition) is 7. The van der Waals surface area contributed by atoms with E-state index in [2.05, 4.69) is 5.32 Å². The highest BCUT2D eigenvalue weighted by Gasteiger charge is 2.23. The third-order valence-corrected chi connectivity index (χ3v) is 4.22. The first-order valence-electron chi connectivity index (χ1n) is 8.03. The smallest absolute Gasteiger partial charge is 0.196 e. The van der Waals surface area contributed by atoms with Crippen LogP contribution in [-0.2, 0) is 0 Å². The molecule has 7 nitrogen and oxygen atoms in total. The third-order valence-electron chi connectivity index (χ3n) is 3.89. The van der Waals surface area contributed by atoms with E-state index in [9.17, 15) is 10.1 Å². The van der Waals surface area contributed by atoms with E-state index in [1.807, 2.05) is 0 Å². The van der Waals surface area contributed by atoms with Crippen molar-refractivity contribution in [3.63, 3.8) is 0 Å². The van der Waals surface area contributed by atoms with Crippen LogP contribution in [-0.4, -0.2) is 19.0 Å². The van der Waals surface area contributed by atoms with Gasteiger partial charge in [0.05, 0.1) is 16.3 Å². The third kappa shape index (κ3) is 3.59. The number of rotatable bonds is 4. The molecule has 8 heteroatoms. The quantitative estimate of drug-likeness (QED) is 0.625. The second-order valence-electron chi connectivity index (χ2n) is 5.56. The number of benzene rings is 2. The molecule has 1 aliphatic rings. The molecule has 0 aromatic heterocycles. The van der Waals surface area contributed by atoms with Crippen molar-refractivity contribution >= 4 is 23.1 Å². The molecular formula is C20H11ClN4O3. The molecule has 1 heterocycles. The number of nitriles is 3. The van der Waals surface area contributed by atoms with Crippen molar-refractivity contribution in [1.29, 1.82) is 15.8 Å². The standard InChI is InChI=1S/C20H11ClN4O3/c21-15-4-2-1-3-13(15)20(26)14-7-18-19(28-6-5-27-18)8-16(14)25-17(11-24)12(9-22)10-23/h1-4,7-8,25H,5-6H2. The van der Waals surface area contributed by atoms with Gasteiger partial charge in [-0.2, -0.15) is 15.8 Å². The van der Waals surface area contributed by atoms with Crippen LogP contribution in [0, 0.1) is 34.0 Å². The van der Waals surface area contributed by atoms with Crippen molar-refractivity contribution in [3.05, 3.63) is 63.8 Å².